The first-order valence-corrected chi connectivity index (χ1v) is 10.1. The molecule has 25 heavy (non-hydrogen) atoms. The lowest BCUT2D eigenvalue weighted by atomic mass is 10.1. The molecular weight excluding hydrogens is 383 g/mol. The van der Waals surface area contributed by atoms with Gasteiger partial charge in [-0.05, 0) is 48.7 Å². The molecule has 1 aliphatic carbocycles. The summed E-state index contributed by atoms with van der Waals surface area (Å²) in [6.45, 7) is 0. The van der Waals surface area contributed by atoms with Gasteiger partial charge in [-0.3, -0.25) is 9.52 Å². The van der Waals surface area contributed by atoms with Crippen molar-refractivity contribution in [2.45, 2.75) is 24.6 Å². The molecule has 1 aliphatic rings. The van der Waals surface area contributed by atoms with Gasteiger partial charge < -0.3 is 5.32 Å². The standard InChI is InChI=1S/C17H16Cl2N2O3S/c18-12-7-11(8-13(19)9-12)10-25(23,24)21-16-4-2-1-3-15(16)17(22)20-14-5-6-14/h1-4,7-9,14,21H,5-6,10H2,(H,20,22). The molecule has 0 aromatic heterocycles. The fraction of sp³-hybridized carbons (Fsp3) is 0.235. The third kappa shape index (κ3) is 5.11. The first kappa shape index (κ1) is 18.0. The van der Waals surface area contributed by atoms with Crippen LogP contribution in [0.3, 0.4) is 0 Å². The van der Waals surface area contributed by atoms with Gasteiger partial charge in [0, 0.05) is 16.1 Å². The number of rotatable bonds is 6. The molecule has 2 aromatic carbocycles. The fourth-order valence-electron chi connectivity index (χ4n) is 2.38. The van der Waals surface area contributed by atoms with Crippen LogP contribution < -0.4 is 10.0 Å². The van der Waals surface area contributed by atoms with Gasteiger partial charge in [0.2, 0.25) is 10.0 Å². The maximum absolute atomic E-state index is 12.5. The molecule has 3 rings (SSSR count). The highest BCUT2D eigenvalue weighted by Gasteiger charge is 2.25. The van der Waals surface area contributed by atoms with Crippen LogP contribution >= 0.6 is 23.2 Å². The normalized spacial score (nSPS) is 14.2. The summed E-state index contributed by atoms with van der Waals surface area (Å²) in [4.78, 5) is 12.3. The van der Waals surface area contributed by atoms with E-state index in [-0.39, 0.29) is 23.4 Å². The Morgan fingerprint density at radius 3 is 2.36 bits per heavy atom. The highest BCUT2D eigenvalue weighted by atomic mass is 35.5. The molecule has 0 saturated heterocycles. The summed E-state index contributed by atoms with van der Waals surface area (Å²) in [5.74, 6) is -0.585. The average molecular weight is 399 g/mol. The number of carbonyl (C=O) groups excluding carboxylic acids is 1. The Morgan fingerprint density at radius 1 is 1.08 bits per heavy atom. The van der Waals surface area contributed by atoms with E-state index in [9.17, 15) is 13.2 Å². The van der Waals surface area contributed by atoms with Crippen molar-refractivity contribution in [2.24, 2.45) is 0 Å². The SMILES string of the molecule is O=C(NC1CC1)c1ccccc1NS(=O)(=O)Cc1cc(Cl)cc(Cl)c1. The van der Waals surface area contributed by atoms with Crippen LogP contribution in [-0.2, 0) is 15.8 Å². The number of amides is 1. The van der Waals surface area contributed by atoms with Crippen LogP contribution in [0.4, 0.5) is 5.69 Å². The fourth-order valence-corrected chi connectivity index (χ4v) is 4.14. The minimum atomic E-state index is -3.74. The number of hydrogen-bond acceptors (Lipinski definition) is 3. The summed E-state index contributed by atoms with van der Waals surface area (Å²) < 4.78 is 27.4. The lowest BCUT2D eigenvalue weighted by Crippen LogP contribution is -2.27. The molecule has 132 valence electrons. The molecule has 0 heterocycles. The molecule has 1 saturated carbocycles. The zero-order valence-electron chi connectivity index (χ0n) is 13.1. The molecule has 0 radical (unpaired) electrons. The van der Waals surface area contributed by atoms with Gasteiger partial charge in [0.15, 0.2) is 0 Å². The number of nitrogens with one attached hydrogen (secondary N) is 2. The Morgan fingerprint density at radius 2 is 1.72 bits per heavy atom. The molecule has 5 nitrogen and oxygen atoms in total. The summed E-state index contributed by atoms with van der Waals surface area (Å²) in [5, 5.41) is 3.58. The monoisotopic (exact) mass is 398 g/mol. The van der Waals surface area contributed by atoms with Gasteiger partial charge >= 0.3 is 0 Å². The second-order valence-electron chi connectivity index (χ2n) is 5.93. The molecule has 0 unspecified atom stereocenters. The van der Waals surface area contributed by atoms with Gasteiger partial charge in [-0.25, -0.2) is 8.42 Å². The lowest BCUT2D eigenvalue weighted by molar-refractivity contribution is 0.0952. The smallest absolute Gasteiger partial charge is 0.253 e. The lowest BCUT2D eigenvalue weighted by Gasteiger charge is -2.13. The van der Waals surface area contributed by atoms with Crippen LogP contribution in [0, 0.1) is 0 Å². The Labute approximate surface area is 156 Å². The van der Waals surface area contributed by atoms with Crippen molar-refractivity contribution in [3.63, 3.8) is 0 Å². The Kier molecular flexibility index (Phi) is 5.22. The van der Waals surface area contributed by atoms with Crippen molar-refractivity contribution >= 4 is 44.8 Å². The minimum Gasteiger partial charge on any atom is -0.349 e. The topological polar surface area (TPSA) is 75.3 Å². The summed E-state index contributed by atoms with van der Waals surface area (Å²) in [5.41, 5.74) is 1.00. The van der Waals surface area contributed by atoms with Gasteiger partial charge in [-0.1, -0.05) is 35.3 Å². The Balaban J connectivity index is 1.79. The molecule has 0 atom stereocenters. The summed E-state index contributed by atoms with van der Waals surface area (Å²) in [7, 11) is -3.74. The Bertz CT molecular complexity index is 892. The van der Waals surface area contributed by atoms with Crippen molar-refractivity contribution < 1.29 is 13.2 Å². The van der Waals surface area contributed by atoms with E-state index in [0.717, 1.165) is 12.8 Å². The number of benzene rings is 2. The largest absolute Gasteiger partial charge is 0.349 e. The van der Waals surface area contributed by atoms with E-state index in [1.54, 1.807) is 36.4 Å². The van der Waals surface area contributed by atoms with E-state index in [1.165, 1.54) is 6.07 Å². The van der Waals surface area contributed by atoms with Crippen molar-refractivity contribution in [3.8, 4) is 0 Å². The van der Waals surface area contributed by atoms with E-state index in [4.69, 9.17) is 23.2 Å². The highest BCUT2D eigenvalue weighted by Crippen LogP contribution is 2.24. The third-order valence-corrected chi connectivity index (χ3v) is 5.31. The third-order valence-electron chi connectivity index (χ3n) is 3.63. The second-order valence-corrected chi connectivity index (χ2v) is 8.53. The zero-order chi connectivity index (χ0) is 18.0. The molecule has 0 aliphatic heterocycles. The molecule has 2 aromatic rings. The highest BCUT2D eigenvalue weighted by molar-refractivity contribution is 7.91. The van der Waals surface area contributed by atoms with Crippen LogP contribution in [-0.4, -0.2) is 20.4 Å². The molecule has 0 bridgehead atoms. The van der Waals surface area contributed by atoms with Crippen LogP contribution in [0.5, 0.6) is 0 Å². The van der Waals surface area contributed by atoms with E-state index < -0.39 is 10.0 Å². The molecule has 2 N–H and O–H groups in total. The number of para-hydroxylation sites is 1. The predicted octanol–water partition coefficient (Wildman–Crippen LogP) is 3.83. The average Bonchev–Trinajstić information content (AvgIpc) is 3.29. The van der Waals surface area contributed by atoms with Crippen LogP contribution in [0.1, 0.15) is 28.8 Å². The van der Waals surface area contributed by atoms with E-state index in [1.807, 2.05) is 0 Å². The number of anilines is 1. The van der Waals surface area contributed by atoms with Crippen LogP contribution in [0.25, 0.3) is 0 Å². The van der Waals surface area contributed by atoms with Gasteiger partial charge in [-0.15, -0.1) is 0 Å². The first-order valence-electron chi connectivity index (χ1n) is 7.68. The van der Waals surface area contributed by atoms with Crippen molar-refractivity contribution in [2.75, 3.05) is 4.72 Å². The molecule has 1 amide bonds. The quantitative estimate of drug-likeness (QED) is 0.775. The van der Waals surface area contributed by atoms with Gasteiger partial charge in [0.25, 0.3) is 5.91 Å². The van der Waals surface area contributed by atoms with E-state index in [0.29, 0.717) is 21.2 Å². The number of carbonyl (C=O) groups is 1. The molecule has 0 spiro atoms. The van der Waals surface area contributed by atoms with Gasteiger partial charge in [0.05, 0.1) is 17.0 Å². The predicted molar refractivity (Wildman–Crippen MR) is 99.6 cm³/mol. The molecular formula is C17H16Cl2N2O3S. The number of hydrogen-bond donors (Lipinski definition) is 2. The van der Waals surface area contributed by atoms with Gasteiger partial charge in [-0.2, -0.15) is 0 Å². The van der Waals surface area contributed by atoms with Crippen molar-refractivity contribution in [1.82, 2.24) is 5.32 Å². The van der Waals surface area contributed by atoms with E-state index in [2.05, 4.69) is 10.0 Å². The maximum atomic E-state index is 12.5. The number of sulfonamides is 1. The maximum Gasteiger partial charge on any atom is 0.253 e. The van der Waals surface area contributed by atoms with Crippen molar-refractivity contribution in [3.05, 3.63) is 63.6 Å². The van der Waals surface area contributed by atoms with Gasteiger partial charge in [0.1, 0.15) is 0 Å². The summed E-state index contributed by atoms with van der Waals surface area (Å²) in [6.07, 6.45) is 1.91. The van der Waals surface area contributed by atoms with Crippen LogP contribution in [0.2, 0.25) is 10.0 Å². The molecule has 1 fully saturated rings. The Hall–Kier alpha value is -1.76. The first-order chi connectivity index (χ1) is 11.8. The minimum absolute atomic E-state index is 0.186. The van der Waals surface area contributed by atoms with Crippen LogP contribution in [0.15, 0.2) is 42.5 Å². The van der Waals surface area contributed by atoms with Crippen molar-refractivity contribution in [1.29, 1.82) is 0 Å². The second kappa shape index (κ2) is 7.23. The van der Waals surface area contributed by atoms with E-state index >= 15 is 0 Å². The number of halogens is 2. The molecule has 8 heteroatoms. The summed E-state index contributed by atoms with van der Waals surface area (Å²) in [6, 6.07) is 11.3. The summed E-state index contributed by atoms with van der Waals surface area (Å²) >= 11 is 11.8. The zero-order valence-corrected chi connectivity index (χ0v) is 15.5.